The smallest absolute Gasteiger partial charge is 0.346 e. The van der Waals surface area contributed by atoms with Crippen molar-refractivity contribution in [3.63, 3.8) is 0 Å². The summed E-state index contributed by atoms with van der Waals surface area (Å²) in [7, 11) is 0. The van der Waals surface area contributed by atoms with Gasteiger partial charge in [-0.2, -0.15) is 0 Å². The molecule has 0 N–H and O–H groups in total. The Labute approximate surface area is 175 Å². The van der Waals surface area contributed by atoms with Crippen LogP contribution >= 0.6 is 22.9 Å². The highest BCUT2D eigenvalue weighted by Crippen LogP contribution is 2.30. The summed E-state index contributed by atoms with van der Waals surface area (Å²) >= 11 is 7.64. The molecular weight excluding hydrogens is 406 g/mol. The van der Waals surface area contributed by atoms with Gasteiger partial charge in [0.2, 0.25) is 0 Å². The Bertz CT molecular complexity index is 1370. The maximum Gasteiger partial charge on any atom is 0.346 e. The lowest BCUT2D eigenvalue weighted by molar-refractivity contribution is 0.306. The molecule has 0 aliphatic carbocycles. The Balaban J connectivity index is 1.47. The van der Waals surface area contributed by atoms with Crippen molar-refractivity contribution in [2.75, 3.05) is 0 Å². The molecule has 0 fully saturated rings. The average Bonchev–Trinajstić information content (AvgIpc) is 3.16. The fourth-order valence-electron chi connectivity index (χ4n) is 3.09. The van der Waals surface area contributed by atoms with Crippen molar-refractivity contribution in [1.82, 2.24) is 4.98 Å². The predicted molar refractivity (Wildman–Crippen MR) is 117 cm³/mol. The molecule has 5 aromatic rings. The number of halogens is 1. The fourth-order valence-corrected chi connectivity index (χ4v) is 4.25. The monoisotopic (exact) mass is 419 g/mol. The van der Waals surface area contributed by atoms with E-state index in [0.29, 0.717) is 33.5 Å². The van der Waals surface area contributed by atoms with Crippen LogP contribution in [-0.2, 0) is 6.61 Å². The van der Waals surface area contributed by atoms with Gasteiger partial charge in [-0.25, -0.2) is 9.78 Å². The van der Waals surface area contributed by atoms with Crippen LogP contribution in [0.2, 0.25) is 5.02 Å². The number of hydrogen-bond donors (Lipinski definition) is 0. The first-order valence-electron chi connectivity index (χ1n) is 8.97. The van der Waals surface area contributed by atoms with Gasteiger partial charge in [0.15, 0.2) is 0 Å². The molecule has 6 heteroatoms. The number of thiazole rings is 1. The molecule has 3 aromatic carbocycles. The van der Waals surface area contributed by atoms with Crippen molar-refractivity contribution in [3.05, 3.63) is 93.8 Å². The second kappa shape index (κ2) is 7.35. The Kier molecular flexibility index (Phi) is 4.54. The SMILES string of the molecule is O=c1oc2cc(OCc3ccccc3Cl)ccc2cc1-c1nc2ccccc2s1. The maximum atomic E-state index is 12.6. The van der Waals surface area contributed by atoms with E-state index in [9.17, 15) is 4.79 Å². The molecule has 2 aromatic heterocycles. The molecule has 0 atom stereocenters. The Morgan fingerprint density at radius 2 is 1.83 bits per heavy atom. The summed E-state index contributed by atoms with van der Waals surface area (Å²) < 4.78 is 12.4. The summed E-state index contributed by atoms with van der Waals surface area (Å²) in [4.78, 5) is 17.1. The molecule has 0 aliphatic rings. The van der Waals surface area contributed by atoms with Gasteiger partial charge in [-0.3, -0.25) is 0 Å². The lowest BCUT2D eigenvalue weighted by atomic mass is 10.2. The van der Waals surface area contributed by atoms with Gasteiger partial charge in [-0.1, -0.05) is 41.9 Å². The van der Waals surface area contributed by atoms with Crippen LogP contribution in [0.4, 0.5) is 0 Å². The summed E-state index contributed by atoms with van der Waals surface area (Å²) in [5.74, 6) is 0.605. The number of benzene rings is 3. The topological polar surface area (TPSA) is 52.3 Å². The van der Waals surface area contributed by atoms with Crippen molar-refractivity contribution in [2.24, 2.45) is 0 Å². The van der Waals surface area contributed by atoms with Gasteiger partial charge in [0.1, 0.15) is 22.9 Å². The standard InChI is InChI=1S/C23H14ClNO3S/c24-18-6-2-1-5-15(18)13-27-16-10-9-14-11-17(23(26)28-20(14)12-16)22-25-19-7-3-4-8-21(19)29-22/h1-12H,13H2. The van der Waals surface area contributed by atoms with Gasteiger partial charge in [0, 0.05) is 22.0 Å². The van der Waals surface area contributed by atoms with Crippen molar-refractivity contribution in [3.8, 4) is 16.3 Å². The highest BCUT2D eigenvalue weighted by molar-refractivity contribution is 7.21. The molecule has 0 radical (unpaired) electrons. The first-order chi connectivity index (χ1) is 14.2. The zero-order valence-corrected chi connectivity index (χ0v) is 16.7. The molecule has 0 bridgehead atoms. The van der Waals surface area contributed by atoms with Crippen LogP contribution in [0.25, 0.3) is 31.8 Å². The first-order valence-corrected chi connectivity index (χ1v) is 10.2. The van der Waals surface area contributed by atoms with Gasteiger partial charge < -0.3 is 9.15 Å². The summed E-state index contributed by atoms with van der Waals surface area (Å²) in [6, 6.07) is 22.6. The molecule has 2 heterocycles. The summed E-state index contributed by atoms with van der Waals surface area (Å²) in [6.45, 7) is 0.333. The minimum absolute atomic E-state index is 0.333. The lowest BCUT2D eigenvalue weighted by Gasteiger charge is -2.08. The summed E-state index contributed by atoms with van der Waals surface area (Å²) in [5, 5.41) is 2.12. The van der Waals surface area contributed by atoms with E-state index in [4.69, 9.17) is 20.8 Å². The summed E-state index contributed by atoms with van der Waals surface area (Å²) in [6.07, 6.45) is 0. The van der Waals surface area contributed by atoms with Crippen molar-refractivity contribution < 1.29 is 9.15 Å². The van der Waals surface area contributed by atoms with Gasteiger partial charge in [0.25, 0.3) is 0 Å². The molecule has 29 heavy (non-hydrogen) atoms. The van der Waals surface area contributed by atoms with E-state index in [-0.39, 0.29) is 0 Å². The van der Waals surface area contributed by atoms with E-state index in [2.05, 4.69) is 4.98 Å². The highest BCUT2D eigenvalue weighted by Gasteiger charge is 2.13. The second-order valence-electron chi connectivity index (χ2n) is 6.51. The number of nitrogens with zero attached hydrogens (tertiary/aromatic N) is 1. The van der Waals surface area contributed by atoms with Crippen molar-refractivity contribution in [2.45, 2.75) is 6.61 Å². The van der Waals surface area contributed by atoms with E-state index >= 15 is 0 Å². The molecule has 0 amide bonds. The number of hydrogen-bond acceptors (Lipinski definition) is 5. The van der Waals surface area contributed by atoms with Gasteiger partial charge in [0.05, 0.1) is 15.8 Å². The largest absolute Gasteiger partial charge is 0.489 e. The first kappa shape index (κ1) is 17.9. The second-order valence-corrected chi connectivity index (χ2v) is 7.95. The van der Waals surface area contributed by atoms with Crippen molar-refractivity contribution >= 4 is 44.1 Å². The zero-order valence-electron chi connectivity index (χ0n) is 15.1. The van der Waals surface area contributed by atoms with Crippen LogP contribution < -0.4 is 10.4 Å². The lowest BCUT2D eigenvalue weighted by Crippen LogP contribution is -2.02. The van der Waals surface area contributed by atoms with Crippen LogP contribution in [0.3, 0.4) is 0 Å². The average molecular weight is 420 g/mol. The van der Waals surface area contributed by atoms with E-state index in [0.717, 1.165) is 21.2 Å². The summed E-state index contributed by atoms with van der Waals surface area (Å²) in [5.41, 5.74) is 2.27. The quantitative estimate of drug-likeness (QED) is 0.321. The molecule has 0 aliphatic heterocycles. The van der Waals surface area contributed by atoms with E-state index < -0.39 is 5.63 Å². The molecule has 4 nitrogen and oxygen atoms in total. The van der Waals surface area contributed by atoms with Crippen LogP contribution in [0.15, 0.2) is 82.0 Å². The molecule has 5 rings (SSSR count). The van der Waals surface area contributed by atoms with Gasteiger partial charge >= 0.3 is 5.63 Å². The number of rotatable bonds is 4. The predicted octanol–water partition coefficient (Wildman–Crippen LogP) is 6.30. The number of fused-ring (bicyclic) bond motifs is 2. The fraction of sp³-hybridized carbons (Fsp3) is 0.0435. The Hall–Kier alpha value is -3.15. The molecule has 0 saturated heterocycles. The van der Waals surface area contributed by atoms with Crippen molar-refractivity contribution in [1.29, 1.82) is 0 Å². The van der Waals surface area contributed by atoms with E-state index in [1.165, 1.54) is 11.3 Å². The zero-order chi connectivity index (χ0) is 19.8. The van der Waals surface area contributed by atoms with Crippen LogP contribution in [0.5, 0.6) is 5.75 Å². The third-order valence-electron chi connectivity index (χ3n) is 4.58. The molecular formula is C23H14ClNO3S. The Morgan fingerprint density at radius 3 is 2.69 bits per heavy atom. The third kappa shape index (κ3) is 3.50. The van der Waals surface area contributed by atoms with Crippen LogP contribution in [-0.4, -0.2) is 4.98 Å². The minimum atomic E-state index is -0.417. The van der Waals surface area contributed by atoms with Crippen LogP contribution in [0.1, 0.15) is 5.56 Å². The molecule has 0 saturated carbocycles. The van der Waals surface area contributed by atoms with Gasteiger partial charge in [-0.05, 0) is 36.4 Å². The normalized spacial score (nSPS) is 11.2. The van der Waals surface area contributed by atoms with Crippen LogP contribution in [0, 0.1) is 0 Å². The number of aromatic nitrogens is 1. The Morgan fingerprint density at radius 1 is 1.00 bits per heavy atom. The maximum absolute atomic E-state index is 12.6. The third-order valence-corrected chi connectivity index (χ3v) is 6.02. The highest BCUT2D eigenvalue weighted by atomic mass is 35.5. The molecule has 0 unspecified atom stereocenters. The molecule has 0 spiro atoms. The van der Waals surface area contributed by atoms with E-state index in [1.807, 2.05) is 66.7 Å². The number of ether oxygens (including phenoxy) is 1. The van der Waals surface area contributed by atoms with Gasteiger partial charge in [-0.15, -0.1) is 11.3 Å². The van der Waals surface area contributed by atoms with E-state index in [1.54, 1.807) is 6.07 Å². The number of para-hydroxylation sites is 1. The minimum Gasteiger partial charge on any atom is -0.489 e. The molecule has 142 valence electrons.